The second-order valence-electron chi connectivity index (χ2n) is 6.98. The summed E-state index contributed by atoms with van der Waals surface area (Å²) in [6.45, 7) is 2.82. The van der Waals surface area contributed by atoms with Crippen molar-refractivity contribution in [3.05, 3.63) is 77.7 Å². The van der Waals surface area contributed by atoms with Crippen LogP contribution in [0.15, 0.2) is 61.1 Å². The van der Waals surface area contributed by atoms with Crippen LogP contribution in [0.3, 0.4) is 0 Å². The number of nitrogens with zero attached hydrogens (tertiary/aromatic N) is 3. The smallest absolute Gasteiger partial charge is 0.236 e. The van der Waals surface area contributed by atoms with Gasteiger partial charge in [-0.2, -0.15) is 5.10 Å². The van der Waals surface area contributed by atoms with Crippen molar-refractivity contribution in [2.75, 3.05) is 5.32 Å². The van der Waals surface area contributed by atoms with Gasteiger partial charge in [0.1, 0.15) is 0 Å². The zero-order valence-corrected chi connectivity index (χ0v) is 14.9. The van der Waals surface area contributed by atoms with Gasteiger partial charge in [0.05, 0.1) is 5.41 Å². The van der Waals surface area contributed by atoms with Gasteiger partial charge in [0.25, 0.3) is 0 Å². The fraction of sp³-hybridized carbons (Fsp3) is 0.286. The molecule has 0 radical (unpaired) electrons. The third-order valence-corrected chi connectivity index (χ3v) is 5.02. The molecule has 1 amide bonds. The van der Waals surface area contributed by atoms with E-state index in [1.807, 2.05) is 41.2 Å². The fourth-order valence-corrected chi connectivity index (χ4v) is 3.30. The van der Waals surface area contributed by atoms with Crippen molar-refractivity contribution in [2.45, 2.75) is 38.1 Å². The number of hydrogen-bond acceptors (Lipinski definition) is 3. The summed E-state index contributed by atoms with van der Waals surface area (Å²) in [5.41, 5.74) is 3.12. The molecule has 2 aromatic heterocycles. The lowest BCUT2D eigenvalue weighted by Gasteiger charge is -2.15. The summed E-state index contributed by atoms with van der Waals surface area (Å²) in [6.07, 6.45) is 8.17. The molecule has 1 N–H and O–H groups in total. The second-order valence-corrected chi connectivity index (χ2v) is 6.98. The highest BCUT2D eigenvalue weighted by atomic mass is 16.2. The molecular weight excluding hydrogens is 324 g/mol. The van der Waals surface area contributed by atoms with Crippen LogP contribution in [0.4, 0.5) is 5.82 Å². The largest absolute Gasteiger partial charge is 0.308 e. The predicted molar refractivity (Wildman–Crippen MR) is 101 cm³/mol. The fourth-order valence-electron chi connectivity index (χ4n) is 3.30. The van der Waals surface area contributed by atoms with Crippen molar-refractivity contribution in [3.63, 3.8) is 0 Å². The topological polar surface area (TPSA) is 59.8 Å². The number of anilines is 1. The Labute approximate surface area is 153 Å². The molecule has 1 aromatic carbocycles. The number of carbonyl (C=O) groups is 1. The molecule has 0 spiro atoms. The Hall–Kier alpha value is -2.95. The van der Waals surface area contributed by atoms with Crippen LogP contribution in [0.5, 0.6) is 0 Å². The number of amides is 1. The van der Waals surface area contributed by atoms with Gasteiger partial charge in [-0.25, -0.2) is 0 Å². The first kappa shape index (κ1) is 16.5. The van der Waals surface area contributed by atoms with E-state index < -0.39 is 0 Å². The van der Waals surface area contributed by atoms with E-state index in [1.165, 1.54) is 11.1 Å². The van der Waals surface area contributed by atoms with Crippen molar-refractivity contribution in [2.24, 2.45) is 0 Å². The monoisotopic (exact) mass is 346 g/mol. The predicted octanol–water partition coefficient (Wildman–Crippen LogP) is 3.50. The average Bonchev–Trinajstić information content (AvgIpc) is 3.36. The third kappa shape index (κ3) is 3.38. The zero-order chi connectivity index (χ0) is 18.0. The van der Waals surface area contributed by atoms with Crippen LogP contribution in [0, 0.1) is 6.92 Å². The molecular formula is C21H22N4O. The summed E-state index contributed by atoms with van der Waals surface area (Å²) in [7, 11) is 0. The van der Waals surface area contributed by atoms with E-state index >= 15 is 0 Å². The summed E-state index contributed by atoms with van der Waals surface area (Å²) >= 11 is 0. The molecule has 0 unspecified atom stereocenters. The Bertz CT molecular complexity index is 913. The van der Waals surface area contributed by atoms with Crippen molar-refractivity contribution in [1.29, 1.82) is 0 Å². The molecule has 5 nitrogen and oxygen atoms in total. The maximum Gasteiger partial charge on any atom is 0.236 e. The van der Waals surface area contributed by atoms with E-state index in [1.54, 1.807) is 12.4 Å². The summed E-state index contributed by atoms with van der Waals surface area (Å²) in [5, 5.41) is 7.49. The molecule has 1 fully saturated rings. The molecule has 1 saturated carbocycles. The molecule has 0 atom stereocenters. The number of benzene rings is 1. The molecule has 5 heteroatoms. The van der Waals surface area contributed by atoms with Gasteiger partial charge in [-0.3, -0.25) is 14.5 Å². The maximum atomic E-state index is 12.8. The van der Waals surface area contributed by atoms with E-state index in [0.29, 0.717) is 5.82 Å². The van der Waals surface area contributed by atoms with Crippen molar-refractivity contribution >= 4 is 11.7 Å². The van der Waals surface area contributed by atoms with Crippen molar-refractivity contribution < 1.29 is 4.79 Å². The first-order valence-electron chi connectivity index (χ1n) is 8.97. The summed E-state index contributed by atoms with van der Waals surface area (Å²) in [5.74, 6) is 0.658. The van der Waals surface area contributed by atoms with Crippen LogP contribution < -0.4 is 5.32 Å². The van der Waals surface area contributed by atoms with E-state index in [0.717, 1.165) is 31.4 Å². The Morgan fingerprint density at radius 3 is 2.73 bits per heavy atom. The van der Waals surface area contributed by atoms with Crippen molar-refractivity contribution in [3.8, 4) is 0 Å². The van der Waals surface area contributed by atoms with Gasteiger partial charge in [-0.15, -0.1) is 0 Å². The number of rotatable bonds is 6. The summed E-state index contributed by atoms with van der Waals surface area (Å²) < 4.78 is 1.86. The number of carbonyl (C=O) groups excluding carboxylic acids is 1. The Kier molecular flexibility index (Phi) is 4.29. The van der Waals surface area contributed by atoms with Crippen LogP contribution in [-0.2, 0) is 23.2 Å². The average molecular weight is 346 g/mol. The molecule has 26 heavy (non-hydrogen) atoms. The van der Waals surface area contributed by atoms with Crippen LogP contribution >= 0.6 is 0 Å². The van der Waals surface area contributed by atoms with Crippen molar-refractivity contribution in [1.82, 2.24) is 14.8 Å². The van der Waals surface area contributed by atoms with Crippen LogP contribution in [0.2, 0.25) is 0 Å². The Balaban J connectivity index is 1.40. The molecule has 0 saturated heterocycles. The maximum absolute atomic E-state index is 12.8. The molecule has 0 aliphatic heterocycles. The van der Waals surface area contributed by atoms with E-state index in [2.05, 4.69) is 34.5 Å². The highest BCUT2D eigenvalue weighted by Gasteiger charge is 2.51. The highest BCUT2D eigenvalue weighted by molar-refractivity contribution is 6.00. The normalized spacial score (nSPS) is 14.8. The van der Waals surface area contributed by atoms with Gasteiger partial charge >= 0.3 is 0 Å². The molecule has 132 valence electrons. The van der Waals surface area contributed by atoms with Crippen LogP contribution in [0.25, 0.3) is 0 Å². The molecule has 1 aliphatic rings. The highest BCUT2D eigenvalue weighted by Crippen LogP contribution is 2.49. The standard InChI is InChI=1S/C21H22N4O/c1-16-3-2-4-18(15-16)21(9-10-21)20(26)23-19-8-14-25(24-19)13-7-17-5-11-22-12-6-17/h2-6,8,11-12,14-15H,7,9-10,13H2,1H3,(H,23,24,26). The molecule has 2 heterocycles. The minimum absolute atomic E-state index is 0.0440. The number of aromatic nitrogens is 3. The number of hydrogen-bond donors (Lipinski definition) is 1. The van der Waals surface area contributed by atoms with Gasteiger partial charge < -0.3 is 5.32 Å². The molecule has 4 rings (SSSR count). The van der Waals surface area contributed by atoms with Crippen LogP contribution in [-0.4, -0.2) is 20.7 Å². The van der Waals surface area contributed by atoms with E-state index in [9.17, 15) is 4.79 Å². The minimum Gasteiger partial charge on any atom is -0.308 e. The zero-order valence-electron chi connectivity index (χ0n) is 14.9. The number of aryl methyl sites for hydroxylation is 3. The quantitative estimate of drug-likeness (QED) is 0.743. The third-order valence-electron chi connectivity index (χ3n) is 5.02. The van der Waals surface area contributed by atoms with E-state index in [4.69, 9.17) is 0 Å². The van der Waals surface area contributed by atoms with Gasteiger partial charge in [0.2, 0.25) is 5.91 Å². The lowest BCUT2D eigenvalue weighted by molar-refractivity contribution is -0.118. The van der Waals surface area contributed by atoms with E-state index in [-0.39, 0.29) is 11.3 Å². The first-order valence-corrected chi connectivity index (χ1v) is 8.97. The second kappa shape index (κ2) is 6.75. The molecule has 3 aromatic rings. The summed E-state index contributed by atoms with van der Waals surface area (Å²) in [4.78, 5) is 16.9. The Morgan fingerprint density at radius 1 is 1.19 bits per heavy atom. The van der Waals surface area contributed by atoms with Gasteiger partial charge in [-0.05, 0) is 49.4 Å². The number of nitrogens with one attached hydrogen (secondary N) is 1. The SMILES string of the molecule is Cc1cccc(C2(C(=O)Nc3ccn(CCc4ccncc4)n3)CC2)c1. The van der Waals surface area contributed by atoms with Crippen LogP contribution in [0.1, 0.15) is 29.5 Å². The van der Waals surface area contributed by atoms with Gasteiger partial charge in [0.15, 0.2) is 5.82 Å². The minimum atomic E-state index is -0.382. The van der Waals surface area contributed by atoms with Gasteiger partial charge in [0, 0.05) is 31.2 Å². The number of pyridine rings is 1. The lowest BCUT2D eigenvalue weighted by Crippen LogP contribution is -2.28. The first-order chi connectivity index (χ1) is 12.7. The Morgan fingerprint density at radius 2 is 2.00 bits per heavy atom. The lowest BCUT2D eigenvalue weighted by atomic mass is 9.93. The molecule has 0 bridgehead atoms. The van der Waals surface area contributed by atoms with Gasteiger partial charge in [-0.1, -0.05) is 29.8 Å². The molecule has 1 aliphatic carbocycles. The summed E-state index contributed by atoms with van der Waals surface area (Å²) in [6, 6.07) is 14.1.